The molecule has 0 aliphatic carbocycles. The second-order valence-corrected chi connectivity index (χ2v) is 8.51. The largest absolute Gasteiger partial charge is 0.472 e. The van der Waals surface area contributed by atoms with Gasteiger partial charge in [-0.3, -0.25) is 0 Å². The summed E-state index contributed by atoms with van der Waals surface area (Å²) in [5, 5.41) is 12.0. The summed E-state index contributed by atoms with van der Waals surface area (Å²) in [5.74, 6) is 0.624. The van der Waals surface area contributed by atoms with Crippen molar-refractivity contribution in [2.75, 3.05) is 0 Å². The Morgan fingerprint density at radius 2 is 1.33 bits per heavy atom. The standard InChI is InChI=1S/C27H29NO2/c1-19-14-20(2)16-24(15-19)26-28-25(21(3)30-26)27(29,17-22-10-6-4-7-11-22)18-23-12-8-5-9-13-23/h4-16,21,25,29H,17-18H2,1-3H3. The lowest BCUT2D eigenvalue weighted by Gasteiger charge is -2.34. The molecule has 0 fully saturated rings. The molecule has 1 aliphatic rings. The Balaban J connectivity index is 1.71. The van der Waals surface area contributed by atoms with E-state index in [4.69, 9.17) is 9.73 Å². The summed E-state index contributed by atoms with van der Waals surface area (Å²) >= 11 is 0. The fourth-order valence-electron chi connectivity index (χ4n) is 4.47. The summed E-state index contributed by atoms with van der Waals surface area (Å²) in [6.45, 7) is 6.16. The summed E-state index contributed by atoms with van der Waals surface area (Å²) in [6, 6.07) is 26.3. The summed E-state index contributed by atoms with van der Waals surface area (Å²) in [7, 11) is 0. The highest BCUT2D eigenvalue weighted by Crippen LogP contribution is 2.32. The molecule has 0 radical (unpaired) electrons. The molecule has 2 unspecified atom stereocenters. The van der Waals surface area contributed by atoms with Gasteiger partial charge in [0.25, 0.3) is 0 Å². The smallest absolute Gasteiger partial charge is 0.216 e. The van der Waals surface area contributed by atoms with Gasteiger partial charge in [-0.05, 0) is 44.0 Å². The predicted molar refractivity (Wildman–Crippen MR) is 122 cm³/mol. The van der Waals surface area contributed by atoms with E-state index >= 15 is 0 Å². The van der Waals surface area contributed by atoms with Crippen LogP contribution in [0.15, 0.2) is 83.9 Å². The quantitative estimate of drug-likeness (QED) is 0.630. The van der Waals surface area contributed by atoms with E-state index in [0.29, 0.717) is 18.7 Å². The highest BCUT2D eigenvalue weighted by molar-refractivity contribution is 5.95. The molecule has 3 aromatic carbocycles. The van der Waals surface area contributed by atoms with Crippen molar-refractivity contribution in [3.8, 4) is 0 Å². The molecule has 0 bridgehead atoms. The van der Waals surface area contributed by atoms with Gasteiger partial charge in [0, 0.05) is 18.4 Å². The summed E-state index contributed by atoms with van der Waals surface area (Å²) in [6.07, 6.45) is 0.827. The first-order valence-corrected chi connectivity index (χ1v) is 10.6. The summed E-state index contributed by atoms with van der Waals surface area (Å²) in [5.41, 5.74) is 4.47. The third-order valence-electron chi connectivity index (χ3n) is 5.72. The number of aryl methyl sites for hydroxylation is 2. The minimum absolute atomic E-state index is 0.210. The monoisotopic (exact) mass is 399 g/mol. The second-order valence-electron chi connectivity index (χ2n) is 8.51. The van der Waals surface area contributed by atoms with Crippen molar-refractivity contribution in [2.24, 2.45) is 4.99 Å². The number of aliphatic hydroxyl groups is 1. The molecular formula is C27H29NO2. The third kappa shape index (κ3) is 4.47. The van der Waals surface area contributed by atoms with Gasteiger partial charge in [-0.15, -0.1) is 0 Å². The summed E-state index contributed by atoms with van der Waals surface area (Å²) in [4.78, 5) is 4.93. The maximum atomic E-state index is 12.0. The molecule has 3 aromatic rings. The first-order valence-electron chi connectivity index (χ1n) is 10.6. The van der Waals surface area contributed by atoms with Crippen LogP contribution in [-0.2, 0) is 17.6 Å². The molecule has 3 nitrogen and oxygen atoms in total. The number of rotatable bonds is 6. The lowest BCUT2D eigenvalue weighted by molar-refractivity contribution is -0.0102. The molecule has 0 aromatic heterocycles. The Morgan fingerprint density at radius 3 is 1.83 bits per heavy atom. The number of hydrogen-bond donors (Lipinski definition) is 1. The fourth-order valence-corrected chi connectivity index (χ4v) is 4.47. The van der Waals surface area contributed by atoms with E-state index in [1.54, 1.807) is 0 Å². The van der Waals surface area contributed by atoms with E-state index in [1.807, 2.05) is 43.3 Å². The van der Waals surface area contributed by atoms with E-state index in [1.165, 1.54) is 11.1 Å². The van der Waals surface area contributed by atoms with Crippen molar-refractivity contribution in [2.45, 2.75) is 51.4 Å². The summed E-state index contributed by atoms with van der Waals surface area (Å²) < 4.78 is 6.18. The van der Waals surface area contributed by atoms with Crippen LogP contribution in [0.3, 0.4) is 0 Å². The Morgan fingerprint density at radius 1 is 0.833 bits per heavy atom. The van der Waals surface area contributed by atoms with Gasteiger partial charge in [0.2, 0.25) is 5.90 Å². The first-order chi connectivity index (χ1) is 14.4. The van der Waals surface area contributed by atoms with Gasteiger partial charge in [-0.2, -0.15) is 0 Å². The number of benzene rings is 3. The topological polar surface area (TPSA) is 41.8 Å². The molecule has 1 N–H and O–H groups in total. The van der Waals surface area contributed by atoms with Crippen molar-refractivity contribution >= 4 is 5.90 Å². The van der Waals surface area contributed by atoms with E-state index in [-0.39, 0.29) is 12.1 Å². The molecule has 0 amide bonds. The molecule has 0 saturated heterocycles. The molecular weight excluding hydrogens is 370 g/mol. The maximum Gasteiger partial charge on any atom is 0.216 e. The zero-order valence-corrected chi connectivity index (χ0v) is 17.9. The van der Waals surface area contributed by atoms with Crippen molar-refractivity contribution in [3.05, 3.63) is 107 Å². The first kappa shape index (κ1) is 20.4. The van der Waals surface area contributed by atoms with Crippen molar-refractivity contribution in [1.29, 1.82) is 0 Å². The average Bonchev–Trinajstić information content (AvgIpc) is 3.11. The number of nitrogens with zero attached hydrogens (tertiary/aromatic N) is 1. The molecule has 3 heteroatoms. The van der Waals surface area contributed by atoms with Crippen LogP contribution in [0.2, 0.25) is 0 Å². The maximum absolute atomic E-state index is 12.0. The Bertz CT molecular complexity index is 965. The van der Waals surface area contributed by atoms with E-state index < -0.39 is 5.60 Å². The van der Waals surface area contributed by atoms with Crippen LogP contribution in [0.1, 0.15) is 34.7 Å². The molecule has 1 heterocycles. The average molecular weight is 400 g/mol. The lowest BCUT2D eigenvalue weighted by Crippen LogP contribution is -2.49. The highest BCUT2D eigenvalue weighted by atomic mass is 16.5. The van der Waals surface area contributed by atoms with Gasteiger partial charge in [0.05, 0.1) is 5.60 Å². The normalized spacial score (nSPS) is 18.7. The molecule has 154 valence electrons. The molecule has 4 rings (SSSR count). The SMILES string of the molecule is Cc1cc(C)cc(C2=NC(C(O)(Cc3ccccc3)Cc3ccccc3)C(C)O2)c1. The molecule has 0 spiro atoms. The van der Waals surface area contributed by atoms with Gasteiger partial charge >= 0.3 is 0 Å². The molecule has 1 aliphatic heterocycles. The second kappa shape index (κ2) is 8.45. The Hall–Kier alpha value is -2.91. The predicted octanol–water partition coefficient (Wildman–Crippen LogP) is 5.05. The third-order valence-corrected chi connectivity index (χ3v) is 5.72. The zero-order valence-electron chi connectivity index (χ0n) is 17.9. The molecule has 2 atom stereocenters. The van der Waals surface area contributed by atoms with Gasteiger partial charge in [0.15, 0.2) is 0 Å². The minimum Gasteiger partial charge on any atom is -0.472 e. The van der Waals surface area contributed by atoms with Crippen LogP contribution in [-0.4, -0.2) is 28.8 Å². The molecule has 0 saturated carbocycles. The van der Waals surface area contributed by atoms with Crippen molar-refractivity contribution in [1.82, 2.24) is 0 Å². The van der Waals surface area contributed by atoms with Crippen molar-refractivity contribution < 1.29 is 9.84 Å². The molecule has 30 heavy (non-hydrogen) atoms. The van der Waals surface area contributed by atoms with Crippen LogP contribution in [0, 0.1) is 13.8 Å². The highest BCUT2D eigenvalue weighted by Gasteiger charge is 2.45. The Kier molecular flexibility index (Phi) is 5.74. The van der Waals surface area contributed by atoms with E-state index in [2.05, 4.69) is 56.3 Å². The fraction of sp³-hybridized carbons (Fsp3) is 0.296. The number of ether oxygens (including phenoxy) is 1. The zero-order chi connectivity index (χ0) is 21.1. The van der Waals surface area contributed by atoms with Crippen molar-refractivity contribution in [3.63, 3.8) is 0 Å². The number of hydrogen-bond acceptors (Lipinski definition) is 3. The Labute approximate surface area is 179 Å². The van der Waals surface area contributed by atoms with E-state index in [9.17, 15) is 5.11 Å². The van der Waals surface area contributed by atoms with Gasteiger partial charge in [-0.25, -0.2) is 4.99 Å². The van der Waals surface area contributed by atoms with Crippen LogP contribution >= 0.6 is 0 Å². The lowest BCUT2D eigenvalue weighted by atomic mass is 9.80. The van der Waals surface area contributed by atoms with Gasteiger partial charge in [0.1, 0.15) is 12.1 Å². The van der Waals surface area contributed by atoms with Crippen LogP contribution < -0.4 is 0 Å². The van der Waals surface area contributed by atoms with Crippen LogP contribution in [0.4, 0.5) is 0 Å². The number of aliphatic imine (C=N–C) groups is 1. The van der Waals surface area contributed by atoms with Crippen LogP contribution in [0.5, 0.6) is 0 Å². The van der Waals surface area contributed by atoms with Gasteiger partial charge < -0.3 is 9.84 Å². The van der Waals surface area contributed by atoms with E-state index in [0.717, 1.165) is 16.7 Å². The van der Waals surface area contributed by atoms with Gasteiger partial charge in [-0.1, -0.05) is 77.9 Å². The van der Waals surface area contributed by atoms with Crippen LogP contribution in [0.25, 0.3) is 0 Å². The minimum atomic E-state index is -1.05.